The molecule has 2 aliphatic rings. The predicted molar refractivity (Wildman–Crippen MR) is 113 cm³/mol. The van der Waals surface area contributed by atoms with Crippen molar-refractivity contribution in [2.75, 3.05) is 26.2 Å². The van der Waals surface area contributed by atoms with Crippen molar-refractivity contribution in [1.82, 2.24) is 13.9 Å². The highest BCUT2D eigenvalue weighted by Gasteiger charge is 2.39. The molecule has 0 bridgehead atoms. The lowest BCUT2D eigenvalue weighted by molar-refractivity contribution is 0.104. The summed E-state index contributed by atoms with van der Waals surface area (Å²) >= 11 is 12.1. The maximum absolute atomic E-state index is 13.4. The van der Waals surface area contributed by atoms with Gasteiger partial charge >= 0.3 is 0 Å². The van der Waals surface area contributed by atoms with E-state index >= 15 is 0 Å². The molecule has 0 amide bonds. The molecule has 4 rings (SSSR count). The Labute approximate surface area is 180 Å². The number of hydrogen-bond acceptors (Lipinski definition) is 3. The monoisotopic (exact) mass is 457 g/mol. The first-order chi connectivity index (χ1) is 13.8. The molecular weight excluding hydrogens is 436 g/mol. The molecule has 5 nitrogen and oxygen atoms in total. The van der Waals surface area contributed by atoms with E-state index in [0.29, 0.717) is 23.1 Å². The van der Waals surface area contributed by atoms with Gasteiger partial charge in [0.05, 0.1) is 6.04 Å². The van der Waals surface area contributed by atoms with E-state index in [2.05, 4.69) is 9.62 Å². The van der Waals surface area contributed by atoms with Gasteiger partial charge in [0.15, 0.2) is 0 Å². The molecule has 1 N–H and O–H groups in total. The summed E-state index contributed by atoms with van der Waals surface area (Å²) in [4.78, 5) is 2.20. The van der Waals surface area contributed by atoms with Crippen LogP contribution >= 0.6 is 23.2 Å². The number of nitrogens with zero attached hydrogens (tertiary/aromatic N) is 2. The Balaban J connectivity index is 1.47. The summed E-state index contributed by atoms with van der Waals surface area (Å²) in [5.41, 5.74) is 2.13. The fourth-order valence-corrected chi connectivity index (χ4v) is 5.57. The Bertz CT molecular complexity index is 905. The molecule has 1 atom stereocenters. The van der Waals surface area contributed by atoms with Crippen LogP contribution in [0, 0.1) is 0 Å². The van der Waals surface area contributed by atoms with E-state index in [1.807, 2.05) is 48.5 Å². The minimum Gasteiger partial charge on any atom is -0.289 e. The lowest BCUT2D eigenvalue weighted by Gasteiger charge is -2.45. The van der Waals surface area contributed by atoms with Gasteiger partial charge in [0, 0.05) is 42.3 Å². The number of nitrogens with one attached hydrogen (secondary N) is 1. The van der Waals surface area contributed by atoms with Gasteiger partial charge in [-0.2, -0.15) is 17.4 Å². The average Bonchev–Trinajstić information content (AvgIpc) is 3.10. The van der Waals surface area contributed by atoms with Crippen molar-refractivity contribution in [3.63, 3.8) is 0 Å². The summed E-state index contributed by atoms with van der Waals surface area (Å²) in [7, 11) is -3.66. The molecule has 2 fully saturated rings. The third-order valence-corrected chi connectivity index (χ3v) is 7.54. The van der Waals surface area contributed by atoms with E-state index in [1.165, 1.54) is 4.31 Å². The zero-order valence-corrected chi connectivity index (χ0v) is 18.0. The molecule has 2 heterocycles. The maximum atomic E-state index is 13.4. The van der Waals surface area contributed by atoms with Gasteiger partial charge in [-0.1, -0.05) is 47.5 Å². The van der Waals surface area contributed by atoms with Gasteiger partial charge in [0.1, 0.15) is 6.17 Å². The van der Waals surface area contributed by atoms with Crippen LogP contribution in [0.1, 0.15) is 23.6 Å². The molecule has 0 radical (unpaired) electrons. The van der Waals surface area contributed by atoms with Crippen LogP contribution in [-0.4, -0.2) is 56.0 Å². The number of rotatable bonds is 6. The fourth-order valence-electron chi connectivity index (χ4n) is 3.89. The summed E-state index contributed by atoms with van der Waals surface area (Å²) in [6.45, 7) is 1.28. The van der Waals surface area contributed by atoms with E-state index in [9.17, 15) is 12.8 Å². The van der Waals surface area contributed by atoms with Crippen LogP contribution in [0.5, 0.6) is 0 Å². The van der Waals surface area contributed by atoms with Crippen LogP contribution in [0.15, 0.2) is 48.5 Å². The Hall–Kier alpha value is -1.22. The average molecular weight is 458 g/mol. The molecule has 9 heteroatoms. The van der Waals surface area contributed by atoms with Crippen LogP contribution in [-0.2, 0) is 10.2 Å². The van der Waals surface area contributed by atoms with Crippen molar-refractivity contribution in [1.29, 1.82) is 0 Å². The second-order valence-electron chi connectivity index (χ2n) is 7.52. The van der Waals surface area contributed by atoms with Crippen molar-refractivity contribution in [2.24, 2.45) is 0 Å². The van der Waals surface area contributed by atoms with Gasteiger partial charge in [-0.05, 0) is 41.8 Å². The van der Waals surface area contributed by atoms with Crippen molar-refractivity contribution in [3.8, 4) is 0 Å². The molecule has 2 saturated heterocycles. The van der Waals surface area contributed by atoms with Gasteiger partial charge in [-0.15, -0.1) is 0 Å². The first-order valence-electron chi connectivity index (χ1n) is 9.48. The van der Waals surface area contributed by atoms with Crippen molar-refractivity contribution >= 4 is 33.4 Å². The molecule has 0 spiro atoms. The van der Waals surface area contributed by atoms with Crippen molar-refractivity contribution in [2.45, 2.75) is 24.7 Å². The third-order valence-electron chi connectivity index (χ3n) is 5.40. The smallest absolute Gasteiger partial charge is 0.279 e. The van der Waals surface area contributed by atoms with E-state index in [4.69, 9.17) is 23.2 Å². The van der Waals surface area contributed by atoms with E-state index < -0.39 is 16.4 Å². The number of halogens is 3. The van der Waals surface area contributed by atoms with Crippen LogP contribution in [0.3, 0.4) is 0 Å². The molecular formula is C20H22Cl2FN3O2S. The minimum absolute atomic E-state index is 0.0349. The van der Waals surface area contributed by atoms with E-state index in [-0.39, 0.29) is 31.6 Å². The fraction of sp³-hybridized carbons (Fsp3) is 0.400. The highest BCUT2D eigenvalue weighted by atomic mass is 35.5. The molecule has 0 aromatic heterocycles. The first-order valence-corrected chi connectivity index (χ1v) is 11.7. The van der Waals surface area contributed by atoms with Gasteiger partial charge in [0.25, 0.3) is 10.2 Å². The summed E-state index contributed by atoms with van der Waals surface area (Å²) in [6, 6.07) is 15.1. The Kier molecular flexibility index (Phi) is 6.16. The molecule has 156 valence electrons. The molecule has 1 unspecified atom stereocenters. The van der Waals surface area contributed by atoms with Gasteiger partial charge < -0.3 is 0 Å². The standard InChI is InChI=1S/C20H22Cl2FN3O2S/c21-16-5-1-14(2-6-16)20(15-3-7-17(22)8-4-15)25-12-19(13-25)24-29(27,28)26-10-9-18(23)11-26/h1-8,18-20,24H,9-13H2. The molecule has 2 aromatic rings. The second kappa shape index (κ2) is 8.49. The lowest BCUT2D eigenvalue weighted by atomic mass is 9.93. The van der Waals surface area contributed by atoms with E-state index in [1.54, 1.807) is 0 Å². The number of likely N-dealkylation sites (tertiary alicyclic amines) is 1. The number of benzene rings is 2. The van der Waals surface area contributed by atoms with Crippen molar-refractivity contribution < 1.29 is 12.8 Å². The number of hydrogen-bond donors (Lipinski definition) is 1. The normalized spacial score (nSPS) is 21.6. The topological polar surface area (TPSA) is 52.7 Å². The summed E-state index contributed by atoms with van der Waals surface area (Å²) < 4.78 is 42.2. The van der Waals surface area contributed by atoms with Crippen LogP contribution in [0.25, 0.3) is 0 Å². The minimum atomic E-state index is -3.66. The molecule has 0 saturated carbocycles. The Morgan fingerprint density at radius 3 is 1.90 bits per heavy atom. The summed E-state index contributed by atoms with van der Waals surface area (Å²) in [6.07, 6.45) is -0.823. The zero-order valence-electron chi connectivity index (χ0n) is 15.6. The van der Waals surface area contributed by atoms with Gasteiger partial charge in [-0.25, -0.2) is 4.39 Å². The molecule has 0 aliphatic carbocycles. The van der Waals surface area contributed by atoms with Gasteiger partial charge in [-0.3, -0.25) is 4.90 Å². The third kappa shape index (κ3) is 4.76. The van der Waals surface area contributed by atoms with Crippen LogP contribution in [0.4, 0.5) is 4.39 Å². The number of alkyl halides is 1. The van der Waals surface area contributed by atoms with Crippen LogP contribution in [0.2, 0.25) is 10.0 Å². The molecule has 29 heavy (non-hydrogen) atoms. The summed E-state index contributed by atoms with van der Waals surface area (Å²) in [5.74, 6) is 0. The SMILES string of the molecule is O=S(=O)(NC1CN(C(c2ccc(Cl)cc2)c2ccc(Cl)cc2)C1)N1CCC(F)C1. The van der Waals surface area contributed by atoms with Gasteiger partial charge in [0.2, 0.25) is 0 Å². The predicted octanol–water partition coefficient (Wildman–Crippen LogP) is 3.65. The van der Waals surface area contributed by atoms with E-state index in [0.717, 1.165) is 11.1 Å². The molecule has 2 aromatic carbocycles. The zero-order chi connectivity index (χ0) is 20.6. The van der Waals surface area contributed by atoms with Crippen LogP contribution < -0.4 is 4.72 Å². The maximum Gasteiger partial charge on any atom is 0.279 e. The first kappa shape index (κ1) is 21.0. The quantitative estimate of drug-likeness (QED) is 0.719. The van der Waals surface area contributed by atoms with Crippen molar-refractivity contribution in [3.05, 3.63) is 69.7 Å². The second-order valence-corrected chi connectivity index (χ2v) is 10.1. The summed E-state index contributed by atoms with van der Waals surface area (Å²) in [5, 5.41) is 1.32. The largest absolute Gasteiger partial charge is 0.289 e. The Morgan fingerprint density at radius 2 is 1.45 bits per heavy atom. The molecule has 2 aliphatic heterocycles. The highest BCUT2D eigenvalue weighted by molar-refractivity contribution is 7.87. The highest BCUT2D eigenvalue weighted by Crippen LogP contribution is 2.34. The Morgan fingerprint density at radius 1 is 0.931 bits per heavy atom. The lowest BCUT2D eigenvalue weighted by Crippen LogP contribution is -2.61.